The minimum Gasteiger partial charge on any atom is -0.397 e. The minimum atomic E-state index is -0.154. The molecule has 0 atom stereocenters. The fraction of sp³-hybridized carbons (Fsp3) is 0.316. The van der Waals surface area contributed by atoms with E-state index in [0.29, 0.717) is 16.9 Å². The van der Waals surface area contributed by atoms with Gasteiger partial charge in [0, 0.05) is 12.1 Å². The van der Waals surface area contributed by atoms with Crippen LogP contribution in [-0.4, -0.2) is 38.0 Å². The average molecular weight is 326 g/mol. The standard InChI is InChI=1S/C19H26N4O/c1-23(2)13-5-12-21-14-15-8-10-16(11-9-15)19(24)22-18-7-4-3-6-17(18)20/h3-4,6-11,21H,5,12-14,20H2,1-2H3,(H,22,24). The number of hydrogen-bond acceptors (Lipinski definition) is 4. The number of nitrogens with two attached hydrogens (primary N) is 1. The predicted molar refractivity (Wildman–Crippen MR) is 100 cm³/mol. The molecule has 0 spiro atoms. The molecule has 5 heteroatoms. The summed E-state index contributed by atoms with van der Waals surface area (Å²) in [5, 5.41) is 6.24. The van der Waals surface area contributed by atoms with Crippen LogP contribution in [0.25, 0.3) is 0 Å². The minimum absolute atomic E-state index is 0.154. The normalized spacial score (nSPS) is 10.8. The molecule has 4 N–H and O–H groups in total. The second kappa shape index (κ2) is 9.05. The molecule has 0 aromatic heterocycles. The van der Waals surface area contributed by atoms with E-state index in [2.05, 4.69) is 29.6 Å². The summed E-state index contributed by atoms with van der Waals surface area (Å²) in [5.41, 5.74) is 8.82. The molecule has 0 aliphatic rings. The number of amides is 1. The van der Waals surface area contributed by atoms with Crippen molar-refractivity contribution in [1.82, 2.24) is 10.2 Å². The van der Waals surface area contributed by atoms with Gasteiger partial charge in [0.25, 0.3) is 5.91 Å². The van der Waals surface area contributed by atoms with E-state index >= 15 is 0 Å². The third-order valence-corrected chi connectivity index (χ3v) is 3.71. The SMILES string of the molecule is CN(C)CCCNCc1ccc(C(=O)Nc2ccccc2N)cc1. The van der Waals surface area contributed by atoms with Gasteiger partial charge in [-0.2, -0.15) is 0 Å². The Morgan fingerprint density at radius 3 is 2.46 bits per heavy atom. The summed E-state index contributed by atoms with van der Waals surface area (Å²) in [6, 6.07) is 14.9. The Morgan fingerprint density at radius 1 is 1.08 bits per heavy atom. The van der Waals surface area contributed by atoms with E-state index < -0.39 is 0 Å². The highest BCUT2D eigenvalue weighted by Crippen LogP contribution is 2.18. The van der Waals surface area contributed by atoms with Crippen molar-refractivity contribution in [2.45, 2.75) is 13.0 Å². The summed E-state index contributed by atoms with van der Waals surface area (Å²) in [6.07, 6.45) is 1.12. The van der Waals surface area contributed by atoms with Gasteiger partial charge in [-0.15, -0.1) is 0 Å². The van der Waals surface area contributed by atoms with Gasteiger partial charge in [0.2, 0.25) is 0 Å². The number of para-hydroxylation sites is 2. The number of carbonyl (C=O) groups excluding carboxylic acids is 1. The van der Waals surface area contributed by atoms with Crippen LogP contribution in [0.1, 0.15) is 22.3 Å². The van der Waals surface area contributed by atoms with E-state index in [9.17, 15) is 4.79 Å². The van der Waals surface area contributed by atoms with Crippen LogP contribution in [0.5, 0.6) is 0 Å². The number of carbonyl (C=O) groups is 1. The summed E-state index contributed by atoms with van der Waals surface area (Å²) in [6.45, 7) is 2.86. The van der Waals surface area contributed by atoms with Crippen LogP contribution in [0, 0.1) is 0 Å². The van der Waals surface area contributed by atoms with Crippen LogP contribution in [0.3, 0.4) is 0 Å². The van der Waals surface area contributed by atoms with Gasteiger partial charge in [0.15, 0.2) is 0 Å². The average Bonchev–Trinajstić information content (AvgIpc) is 2.57. The van der Waals surface area contributed by atoms with Crippen LogP contribution in [-0.2, 0) is 6.54 Å². The van der Waals surface area contributed by atoms with Gasteiger partial charge in [-0.3, -0.25) is 4.79 Å². The van der Waals surface area contributed by atoms with Crippen LogP contribution in [0.15, 0.2) is 48.5 Å². The van der Waals surface area contributed by atoms with Gasteiger partial charge in [0.1, 0.15) is 0 Å². The number of hydrogen-bond donors (Lipinski definition) is 3. The first kappa shape index (κ1) is 18.0. The van der Waals surface area contributed by atoms with Crippen molar-refractivity contribution < 1.29 is 4.79 Å². The maximum atomic E-state index is 12.3. The van der Waals surface area contributed by atoms with Crippen LogP contribution >= 0.6 is 0 Å². The zero-order valence-electron chi connectivity index (χ0n) is 14.4. The first-order valence-electron chi connectivity index (χ1n) is 8.16. The van der Waals surface area contributed by atoms with E-state index in [1.807, 2.05) is 36.4 Å². The van der Waals surface area contributed by atoms with Crippen molar-refractivity contribution in [3.8, 4) is 0 Å². The summed E-state index contributed by atoms with van der Waals surface area (Å²) in [5.74, 6) is -0.154. The molecular weight excluding hydrogens is 300 g/mol. The second-order valence-electron chi connectivity index (χ2n) is 6.07. The van der Waals surface area contributed by atoms with Gasteiger partial charge in [0.05, 0.1) is 11.4 Å². The zero-order valence-corrected chi connectivity index (χ0v) is 14.4. The van der Waals surface area contributed by atoms with Gasteiger partial charge in [-0.25, -0.2) is 0 Å². The van der Waals surface area contributed by atoms with Crippen LogP contribution < -0.4 is 16.4 Å². The Bertz CT molecular complexity index is 653. The van der Waals surface area contributed by atoms with Crippen molar-refractivity contribution >= 4 is 17.3 Å². The lowest BCUT2D eigenvalue weighted by atomic mass is 10.1. The molecule has 0 bridgehead atoms. The highest BCUT2D eigenvalue weighted by molar-refractivity contribution is 6.05. The second-order valence-corrected chi connectivity index (χ2v) is 6.07. The van der Waals surface area contributed by atoms with Crippen LogP contribution in [0.4, 0.5) is 11.4 Å². The molecule has 2 rings (SSSR count). The van der Waals surface area contributed by atoms with Crippen molar-refractivity contribution in [2.24, 2.45) is 0 Å². The third kappa shape index (κ3) is 5.68. The molecular formula is C19H26N4O. The predicted octanol–water partition coefficient (Wildman–Crippen LogP) is 2.56. The van der Waals surface area contributed by atoms with E-state index in [4.69, 9.17) is 5.73 Å². The van der Waals surface area contributed by atoms with Crippen molar-refractivity contribution in [3.05, 3.63) is 59.7 Å². The first-order chi connectivity index (χ1) is 11.6. The molecule has 24 heavy (non-hydrogen) atoms. The summed E-state index contributed by atoms with van der Waals surface area (Å²) < 4.78 is 0. The third-order valence-electron chi connectivity index (χ3n) is 3.71. The quantitative estimate of drug-likeness (QED) is 0.515. The summed E-state index contributed by atoms with van der Waals surface area (Å²) >= 11 is 0. The molecule has 0 unspecified atom stereocenters. The zero-order chi connectivity index (χ0) is 17.4. The van der Waals surface area contributed by atoms with Crippen LogP contribution in [0.2, 0.25) is 0 Å². The molecule has 0 saturated carbocycles. The van der Waals surface area contributed by atoms with E-state index in [1.165, 1.54) is 0 Å². The Balaban J connectivity index is 1.83. The molecule has 2 aromatic rings. The Hall–Kier alpha value is -2.37. The Labute approximate surface area is 143 Å². The topological polar surface area (TPSA) is 70.4 Å². The Morgan fingerprint density at radius 2 is 1.79 bits per heavy atom. The monoisotopic (exact) mass is 326 g/mol. The highest BCUT2D eigenvalue weighted by Gasteiger charge is 2.07. The molecule has 0 heterocycles. The maximum absolute atomic E-state index is 12.3. The van der Waals surface area contributed by atoms with Crippen molar-refractivity contribution in [1.29, 1.82) is 0 Å². The molecule has 1 amide bonds. The van der Waals surface area contributed by atoms with Gasteiger partial charge in [-0.05, 0) is 63.4 Å². The number of rotatable bonds is 8. The number of benzene rings is 2. The lowest BCUT2D eigenvalue weighted by Gasteiger charge is -2.10. The maximum Gasteiger partial charge on any atom is 0.255 e. The summed E-state index contributed by atoms with van der Waals surface area (Å²) in [4.78, 5) is 14.4. The highest BCUT2D eigenvalue weighted by atomic mass is 16.1. The largest absolute Gasteiger partial charge is 0.397 e. The smallest absolute Gasteiger partial charge is 0.255 e. The lowest BCUT2D eigenvalue weighted by molar-refractivity contribution is 0.102. The van der Waals surface area contributed by atoms with Crippen molar-refractivity contribution in [2.75, 3.05) is 38.2 Å². The molecule has 2 aromatic carbocycles. The molecule has 0 aliphatic carbocycles. The number of nitrogens with zero attached hydrogens (tertiary/aromatic N) is 1. The number of nitrogens with one attached hydrogen (secondary N) is 2. The number of anilines is 2. The molecule has 0 fully saturated rings. The first-order valence-corrected chi connectivity index (χ1v) is 8.16. The summed E-state index contributed by atoms with van der Waals surface area (Å²) in [7, 11) is 4.15. The van der Waals surface area contributed by atoms with E-state index in [1.54, 1.807) is 12.1 Å². The fourth-order valence-corrected chi connectivity index (χ4v) is 2.33. The molecule has 0 radical (unpaired) electrons. The van der Waals surface area contributed by atoms with E-state index in [-0.39, 0.29) is 5.91 Å². The molecule has 5 nitrogen and oxygen atoms in total. The number of nitrogen functional groups attached to an aromatic ring is 1. The fourth-order valence-electron chi connectivity index (χ4n) is 2.33. The molecule has 128 valence electrons. The van der Waals surface area contributed by atoms with Crippen molar-refractivity contribution in [3.63, 3.8) is 0 Å². The molecule has 0 saturated heterocycles. The molecule has 0 aliphatic heterocycles. The Kier molecular flexibility index (Phi) is 6.78. The van der Waals surface area contributed by atoms with Gasteiger partial charge < -0.3 is 21.3 Å². The lowest BCUT2D eigenvalue weighted by Crippen LogP contribution is -2.21. The van der Waals surface area contributed by atoms with Gasteiger partial charge >= 0.3 is 0 Å². The van der Waals surface area contributed by atoms with Gasteiger partial charge in [-0.1, -0.05) is 24.3 Å². The van der Waals surface area contributed by atoms with E-state index in [0.717, 1.165) is 31.6 Å².